The molecule has 0 atom stereocenters. The normalized spacial score (nSPS) is 16.3. The first kappa shape index (κ1) is 17.4. The summed E-state index contributed by atoms with van der Waals surface area (Å²) in [5, 5.41) is 0.940. The smallest absolute Gasteiger partial charge is 0.193 e. The molecule has 0 radical (unpaired) electrons. The molecule has 0 spiro atoms. The fraction of sp³-hybridized carbons (Fsp3) is 0.316. The van der Waals surface area contributed by atoms with E-state index in [1.165, 1.54) is 5.56 Å². The van der Waals surface area contributed by atoms with Crippen molar-refractivity contribution in [3.63, 3.8) is 0 Å². The van der Waals surface area contributed by atoms with Gasteiger partial charge in [0.15, 0.2) is 5.78 Å². The van der Waals surface area contributed by atoms with Crippen LogP contribution in [0.1, 0.15) is 21.5 Å². The van der Waals surface area contributed by atoms with Gasteiger partial charge in [0, 0.05) is 53.9 Å². The molecule has 2 aromatic rings. The lowest BCUT2D eigenvalue weighted by Gasteiger charge is -2.32. The third-order valence-corrected chi connectivity index (χ3v) is 4.78. The molecule has 0 saturated carbocycles. The minimum absolute atomic E-state index is 0.0643. The van der Waals surface area contributed by atoms with Gasteiger partial charge in [0.05, 0.1) is 0 Å². The van der Waals surface area contributed by atoms with E-state index in [0.717, 1.165) is 32.7 Å². The van der Waals surface area contributed by atoms with Crippen molar-refractivity contribution < 1.29 is 4.79 Å². The molecule has 5 heteroatoms. The summed E-state index contributed by atoms with van der Waals surface area (Å²) in [7, 11) is 2.15. The average molecular weight is 363 g/mol. The Balaban J connectivity index is 1.68. The maximum absolute atomic E-state index is 12.6. The van der Waals surface area contributed by atoms with Gasteiger partial charge in [0.1, 0.15) is 0 Å². The molecule has 1 heterocycles. The van der Waals surface area contributed by atoms with Crippen LogP contribution in [0.4, 0.5) is 0 Å². The van der Waals surface area contributed by atoms with Crippen molar-refractivity contribution in [3.8, 4) is 0 Å². The van der Waals surface area contributed by atoms with Crippen LogP contribution in [-0.2, 0) is 6.54 Å². The summed E-state index contributed by atoms with van der Waals surface area (Å²) in [6, 6.07) is 12.7. The molecule has 1 aliphatic heterocycles. The fourth-order valence-corrected chi connectivity index (χ4v) is 3.40. The monoisotopic (exact) mass is 362 g/mol. The number of benzene rings is 2. The number of rotatable bonds is 4. The molecule has 0 amide bonds. The van der Waals surface area contributed by atoms with Gasteiger partial charge in [-0.2, -0.15) is 0 Å². The van der Waals surface area contributed by atoms with E-state index in [9.17, 15) is 4.79 Å². The van der Waals surface area contributed by atoms with Crippen LogP contribution in [0, 0.1) is 0 Å². The Bertz CT molecular complexity index is 702. The summed E-state index contributed by atoms with van der Waals surface area (Å²) >= 11 is 12.0. The van der Waals surface area contributed by atoms with Gasteiger partial charge < -0.3 is 4.90 Å². The van der Waals surface area contributed by atoms with Crippen LogP contribution in [0.15, 0.2) is 42.5 Å². The Morgan fingerprint density at radius 3 is 2.08 bits per heavy atom. The molecule has 3 rings (SSSR count). The van der Waals surface area contributed by atoms with Crippen LogP contribution in [0.25, 0.3) is 0 Å². The third-order valence-electron chi connectivity index (χ3n) is 4.34. The van der Waals surface area contributed by atoms with Gasteiger partial charge in [-0.05, 0) is 30.8 Å². The molecule has 2 aromatic carbocycles. The number of carbonyl (C=O) groups is 1. The van der Waals surface area contributed by atoms with Crippen molar-refractivity contribution in [1.29, 1.82) is 0 Å². The SMILES string of the molecule is CN1CCN(Cc2ccc(C(=O)c3cc(Cl)cc(Cl)c3)cc2)CC1. The largest absolute Gasteiger partial charge is 0.304 e. The zero-order valence-electron chi connectivity index (χ0n) is 13.6. The lowest BCUT2D eigenvalue weighted by molar-refractivity contribution is 0.103. The third kappa shape index (κ3) is 4.37. The van der Waals surface area contributed by atoms with E-state index in [4.69, 9.17) is 23.2 Å². The Morgan fingerprint density at radius 1 is 0.917 bits per heavy atom. The Hall–Kier alpha value is -1.39. The van der Waals surface area contributed by atoms with Gasteiger partial charge in [-0.1, -0.05) is 47.5 Å². The number of carbonyl (C=O) groups excluding carboxylic acids is 1. The van der Waals surface area contributed by atoms with E-state index in [1.54, 1.807) is 18.2 Å². The molecule has 0 N–H and O–H groups in total. The number of nitrogens with zero attached hydrogens (tertiary/aromatic N) is 2. The molecule has 0 aliphatic carbocycles. The standard InChI is InChI=1S/C19H20Cl2N2O/c1-22-6-8-23(9-7-22)13-14-2-4-15(5-3-14)19(24)16-10-17(20)12-18(21)11-16/h2-5,10-12H,6-9,13H2,1H3. The zero-order chi connectivity index (χ0) is 17.1. The predicted octanol–water partition coefficient (Wildman–Crippen LogP) is 3.97. The van der Waals surface area contributed by atoms with Crippen molar-refractivity contribution in [1.82, 2.24) is 9.80 Å². The summed E-state index contributed by atoms with van der Waals surface area (Å²) in [6.45, 7) is 5.29. The molecule has 0 aromatic heterocycles. The van der Waals surface area contributed by atoms with Gasteiger partial charge in [-0.3, -0.25) is 9.69 Å². The van der Waals surface area contributed by atoms with Crippen LogP contribution >= 0.6 is 23.2 Å². The molecule has 126 valence electrons. The van der Waals surface area contributed by atoms with Crippen molar-refractivity contribution in [2.45, 2.75) is 6.54 Å². The molecule has 1 saturated heterocycles. The van der Waals surface area contributed by atoms with Crippen molar-refractivity contribution in [2.75, 3.05) is 33.2 Å². The van der Waals surface area contributed by atoms with E-state index in [2.05, 4.69) is 16.8 Å². The molecule has 1 aliphatic rings. The van der Waals surface area contributed by atoms with Gasteiger partial charge >= 0.3 is 0 Å². The van der Waals surface area contributed by atoms with Crippen LogP contribution < -0.4 is 0 Å². The van der Waals surface area contributed by atoms with Crippen LogP contribution in [0.5, 0.6) is 0 Å². The highest BCUT2D eigenvalue weighted by atomic mass is 35.5. The number of hydrogen-bond acceptors (Lipinski definition) is 3. The maximum atomic E-state index is 12.6. The second kappa shape index (κ2) is 7.66. The second-order valence-corrected chi connectivity index (χ2v) is 7.14. The summed E-state index contributed by atoms with van der Waals surface area (Å²) in [4.78, 5) is 17.3. The maximum Gasteiger partial charge on any atom is 0.193 e. The minimum Gasteiger partial charge on any atom is -0.304 e. The first-order valence-corrected chi connectivity index (χ1v) is 8.77. The first-order chi connectivity index (χ1) is 11.5. The number of ketones is 1. The van der Waals surface area contributed by atoms with Crippen LogP contribution in [0.2, 0.25) is 10.0 Å². The van der Waals surface area contributed by atoms with Gasteiger partial charge in [-0.15, -0.1) is 0 Å². The van der Waals surface area contributed by atoms with Crippen molar-refractivity contribution in [2.24, 2.45) is 0 Å². The predicted molar refractivity (Wildman–Crippen MR) is 99.1 cm³/mol. The Kier molecular flexibility index (Phi) is 5.57. The topological polar surface area (TPSA) is 23.6 Å². The summed E-state index contributed by atoms with van der Waals surface area (Å²) in [5.41, 5.74) is 2.38. The Morgan fingerprint density at radius 2 is 1.50 bits per heavy atom. The summed E-state index contributed by atoms with van der Waals surface area (Å²) in [6.07, 6.45) is 0. The molecule has 1 fully saturated rings. The van der Waals surface area contributed by atoms with E-state index in [-0.39, 0.29) is 5.78 Å². The zero-order valence-corrected chi connectivity index (χ0v) is 15.1. The highest BCUT2D eigenvalue weighted by Crippen LogP contribution is 2.21. The highest BCUT2D eigenvalue weighted by Gasteiger charge is 2.15. The van der Waals surface area contributed by atoms with Crippen molar-refractivity contribution >= 4 is 29.0 Å². The molecule has 24 heavy (non-hydrogen) atoms. The highest BCUT2D eigenvalue weighted by molar-refractivity contribution is 6.35. The molecular weight excluding hydrogens is 343 g/mol. The van der Waals surface area contributed by atoms with E-state index >= 15 is 0 Å². The van der Waals surface area contributed by atoms with E-state index in [1.807, 2.05) is 24.3 Å². The average Bonchev–Trinajstić information content (AvgIpc) is 2.56. The molecule has 0 unspecified atom stereocenters. The van der Waals surface area contributed by atoms with Gasteiger partial charge in [-0.25, -0.2) is 0 Å². The minimum atomic E-state index is -0.0643. The van der Waals surface area contributed by atoms with E-state index in [0.29, 0.717) is 21.2 Å². The van der Waals surface area contributed by atoms with Crippen LogP contribution in [-0.4, -0.2) is 48.8 Å². The summed E-state index contributed by atoms with van der Waals surface area (Å²) < 4.78 is 0. The number of piperazine rings is 1. The second-order valence-electron chi connectivity index (χ2n) is 6.26. The summed E-state index contributed by atoms with van der Waals surface area (Å²) in [5.74, 6) is -0.0643. The fourth-order valence-electron chi connectivity index (χ4n) is 2.88. The van der Waals surface area contributed by atoms with Crippen LogP contribution in [0.3, 0.4) is 0 Å². The Labute approximate surface area is 152 Å². The molecule has 0 bridgehead atoms. The molecule has 3 nitrogen and oxygen atoms in total. The lowest BCUT2D eigenvalue weighted by Crippen LogP contribution is -2.43. The number of hydrogen-bond donors (Lipinski definition) is 0. The van der Waals surface area contributed by atoms with Gasteiger partial charge in [0.2, 0.25) is 0 Å². The van der Waals surface area contributed by atoms with Gasteiger partial charge in [0.25, 0.3) is 0 Å². The quantitative estimate of drug-likeness (QED) is 0.768. The number of likely N-dealkylation sites (N-methyl/N-ethyl adjacent to an activating group) is 1. The van der Waals surface area contributed by atoms with E-state index < -0.39 is 0 Å². The van der Waals surface area contributed by atoms with Crippen molar-refractivity contribution in [3.05, 3.63) is 69.2 Å². The number of halogens is 2. The molecular formula is C19H20Cl2N2O. The lowest BCUT2D eigenvalue weighted by atomic mass is 10.0. The first-order valence-electron chi connectivity index (χ1n) is 8.02.